The minimum absolute atomic E-state index is 0. The average molecular weight is 540 g/mol. The maximum absolute atomic E-state index is 13.3. The molecule has 1 aliphatic rings. The molecule has 0 unspecified atom stereocenters. The molecule has 0 atom stereocenters. The van der Waals surface area contributed by atoms with Crippen LogP contribution in [-0.4, -0.2) is 58.5 Å². The number of carbonyl (C=O) groups is 1. The zero-order valence-corrected chi connectivity index (χ0v) is 20.7. The van der Waals surface area contributed by atoms with Gasteiger partial charge in [0.05, 0.1) is 25.0 Å². The van der Waals surface area contributed by atoms with Gasteiger partial charge in [0.1, 0.15) is 17.3 Å². The molecule has 196 valence electrons. The first kappa shape index (κ1) is 26.5. The van der Waals surface area contributed by atoms with Crippen molar-refractivity contribution in [2.45, 2.75) is 0 Å². The molecule has 38 heavy (non-hydrogen) atoms. The van der Waals surface area contributed by atoms with Gasteiger partial charge in [0.25, 0.3) is 0 Å². The zero-order valence-electron chi connectivity index (χ0n) is 19.9. The van der Waals surface area contributed by atoms with E-state index in [-0.39, 0.29) is 35.7 Å². The number of morpholine rings is 1. The topological polar surface area (TPSA) is 138 Å². The summed E-state index contributed by atoms with van der Waals surface area (Å²) in [5, 5.41) is 16.4. The highest BCUT2D eigenvalue weighted by molar-refractivity contribution is 5.89. The monoisotopic (exact) mass is 539 g/mol. The summed E-state index contributed by atoms with van der Waals surface area (Å²) in [4.78, 5) is 26.5. The van der Waals surface area contributed by atoms with Crippen LogP contribution < -0.4 is 15.6 Å². The fourth-order valence-electron chi connectivity index (χ4n) is 3.57. The van der Waals surface area contributed by atoms with E-state index >= 15 is 0 Å². The van der Waals surface area contributed by atoms with E-state index in [0.717, 1.165) is 0 Å². The number of nitrogens with zero attached hydrogens (tertiary/aromatic N) is 5. The summed E-state index contributed by atoms with van der Waals surface area (Å²) < 4.78 is 24.5. The fourth-order valence-corrected chi connectivity index (χ4v) is 3.57. The minimum Gasteiger partial charge on any atom is -0.478 e. The van der Waals surface area contributed by atoms with Gasteiger partial charge in [-0.1, -0.05) is 12.1 Å². The summed E-state index contributed by atoms with van der Waals surface area (Å²) in [6.45, 7) is 2.37. The number of carboxylic acid groups (broad SMARTS) is 1. The van der Waals surface area contributed by atoms with Crippen molar-refractivity contribution in [1.29, 1.82) is 0 Å². The molecule has 4 aromatic rings. The number of hydrogen-bond acceptors (Lipinski definition) is 10. The molecular formula is C25H23ClFN7O4. The second kappa shape index (κ2) is 12.1. The second-order valence-electron chi connectivity index (χ2n) is 7.97. The molecule has 1 fully saturated rings. The van der Waals surface area contributed by atoms with Crippen LogP contribution in [-0.2, 0) is 4.74 Å². The van der Waals surface area contributed by atoms with Gasteiger partial charge in [-0.25, -0.2) is 14.6 Å². The number of hydrazone groups is 1. The summed E-state index contributed by atoms with van der Waals surface area (Å²) in [5.41, 5.74) is 4.21. The molecule has 0 amide bonds. The van der Waals surface area contributed by atoms with Crippen molar-refractivity contribution in [1.82, 2.24) is 15.0 Å². The van der Waals surface area contributed by atoms with Gasteiger partial charge in [-0.2, -0.15) is 20.1 Å². The van der Waals surface area contributed by atoms with Crippen LogP contribution in [0.15, 0.2) is 70.2 Å². The first-order valence-electron chi connectivity index (χ1n) is 11.4. The number of benzene rings is 2. The van der Waals surface area contributed by atoms with Crippen LogP contribution in [0.4, 0.5) is 27.9 Å². The number of hydrogen-bond donors (Lipinski definition) is 3. The molecule has 0 radical (unpaired) electrons. The predicted octanol–water partition coefficient (Wildman–Crippen LogP) is 4.42. The van der Waals surface area contributed by atoms with Crippen molar-refractivity contribution in [3.05, 3.63) is 77.8 Å². The molecule has 5 rings (SSSR count). The van der Waals surface area contributed by atoms with Crippen molar-refractivity contribution in [2.75, 3.05) is 41.9 Å². The molecule has 0 spiro atoms. The lowest BCUT2D eigenvalue weighted by molar-refractivity contribution is 0.0697. The van der Waals surface area contributed by atoms with Crippen molar-refractivity contribution >= 4 is 48.1 Å². The lowest BCUT2D eigenvalue weighted by Gasteiger charge is -2.27. The van der Waals surface area contributed by atoms with E-state index in [9.17, 15) is 14.3 Å². The molecule has 2 aromatic heterocycles. The first-order chi connectivity index (χ1) is 18.0. The Hall–Kier alpha value is -4.55. The molecule has 13 heteroatoms. The van der Waals surface area contributed by atoms with E-state index in [0.29, 0.717) is 55.0 Å². The first-order valence-corrected chi connectivity index (χ1v) is 11.4. The lowest BCUT2D eigenvalue weighted by Crippen LogP contribution is -2.37. The number of rotatable bonds is 8. The quantitative estimate of drug-likeness (QED) is 0.218. The highest BCUT2D eigenvalue weighted by Crippen LogP contribution is 2.23. The maximum Gasteiger partial charge on any atom is 0.335 e. The number of aromatic carboxylic acids is 1. The smallest absolute Gasteiger partial charge is 0.335 e. The third kappa shape index (κ3) is 6.60. The van der Waals surface area contributed by atoms with E-state index in [1.165, 1.54) is 30.5 Å². The van der Waals surface area contributed by atoms with E-state index in [2.05, 4.69) is 30.8 Å². The molecule has 0 aliphatic carbocycles. The Kier molecular flexibility index (Phi) is 8.46. The molecule has 3 heterocycles. The van der Waals surface area contributed by atoms with Crippen LogP contribution in [0.25, 0.3) is 11.3 Å². The maximum atomic E-state index is 13.3. The van der Waals surface area contributed by atoms with Gasteiger partial charge in [-0.05, 0) is 48.5 Å². The number of anilines is 4. The number of nitrogens with one attached hydrogen (secondary N) is 2. The number of carboxylic acids is 1. The summed E-state index contributed by atoms with van der Waals surface area (Å²) in [6.07, 6.45) is 1.45. The molecule has 1 aliphatic heterocycles. The third-order valence-electron chi connectivity index (χ3n) is 5.40. The van der Waals surface area contributed by atoms with Crippen LogP contribution >= 0.6 is 12.4 Å². The van der Waals surface area contributed by atoms with Crippen LogP contribution in [0.5, 0.6) is 0 Å². The van der Waals surface area contributed by atoms with E-state index in [1.54, 1.807) is 36.4 Å². The highest BCUT2D eigenvalue weighted by Gasteiger charge is 2.17. The molecule has 0 saturated carbocycles. The molecule has 3 N–H and O–H groups in total. The third-order valence-corrected chi connectivity index (χ3v) is 5.40. The fraction of sp³-hybridized carbons (Fsp3) is 0.160. The second-order valence-corrected chi connectivity index (χ2v) is 7.97. The number of ether oxygens (including phenoxy) is 1. The highest BCUT2D eigenvalue weighted by atomic mass is 35.5. The van der Waals surface area contributed by atoms with E-state index in [1.807, 2.05) is 4.90 Å². The van der Waals surface area contributed by atoms with Crippen LogP contribution in [0.1, 0.15) is 16.1 Å². The molecule has 11 nitrogen and oxygen atoms in total. The molecule has 2 aromatic carbocycles. The SMILES string of the molecule is Cl.O=C(O)c1cccc(-c2ccc(/C=N\Nc3nc(Nc4ccc(F)cc4)nc(N4CCOCC4)n3)o2)c1. The minimum atomic E-state index is -1.01. The molecule has 1 saturated heterocycles. The Labute approximate surface area is 222 Å². The zero-order chi connectivity index (χ0) is 25.6. The normalized spacial score (nSPS) is 13.2. The summed E-state index contributed by atoms with van der Waals surface area (Å²) >= 11 is 0. The Morgan fingerprint density at radius 3 is 2.55 bits per heavy atom. The summed E-state index contributed by atoms with van der Waals surface area (Å²) in [7, 11) is 0. The van der Waals surface area contributed by atoms with Crippen LogP contribution in [0, 0.1) is 5.82 Å². The number of aromatic nitrogens is 3. The van der Waals surface area contributed by atoms with Gasteiger partial charge in [0, 0.05) is 24.3 Å². The Balaban J connectivity index is 0.00000336. The average Bonchev–Trinajstić information content (AvgIpc) is 3.39. The van der Waals surface area contributed by atoms with Crippen LogP contribution in [0.3, 0.4) is 0 Å². The lowest BCUT2D eigenvalue weighted by atomic mass is 10.1. The van der Waals surface area contributed by atoms with E-state index in [4.69, 9.17) is 9.15 Å². The van der Waals surface area contributed by atoms with Gasteiger partial charge in [-0.3, -0.25) is 0 Å². The number of halogens is 2. The Morgan fingerprint density at radius 1 is 1.03 bits per heavy atom. The van der Waals surface area contributed by atoms with Gasteiger partial charge < -0.3 is 24.5 Å². The Bertz CT molecular complexity index is 1430. The van der Waals surface area contributed by atoms with Crippen molar-refractivity contribution in [2.24, 2.45) is 5.10 Å². The van der Waals surface area contributed by atoms with Crippen LogP contribution in [0.2, 0.25) is 0 Å². The summed E-state index contributed by atoms with van der Waals surface area (Å²) in [5.74, 6) is 0.487. The van der Waals surface area contributed by atoms with Gasteiger partial charge >= 0.3 is 5.97 Å². The van der Waals surface area contributed by atoms with Crippen molar-refractivity contribution in [3.8, 4) is 11.3 Å². The standard InChI is InChI=1S/C25H22FN7O4.ClH/c26-18-4-6-19(7-5-18)28-23-29-24(31-25(30-23)33-10-12-36-13-11-33)32-27-15-20-8-9-21(37-20)16-2-1-3-17(14-16)22(34)35;/h1-9,14-15H,10-13H2,(H,34,35)(H2,28,29,30,31,32);1H/b27-15-;. The van der Waals surface area contributed by atoms with Crippen molar-refractivity contribution in [3.63, 3.8) is 0 Å². The van der Waals surface area contributed by atoms with E-state index < -0.39 is 5.97 Å². The molecular weight excluding hydrogens is 517 g/mol. The Morgan fingerprint density at radius 2 is 1.79 bits per heavy atom. The van der Waals surface area contributed by atoms with Crippen molar-refractivity contribution < 1.29 is 23.4 Å². The molecule has 0 bridgehead atoms. The van der Waals surface area contributed by atoms with Gasteiger partial charge in [0.15, 0.2) is 0 Å². The van der Waals surface area contributed by atoms with Gasteiger partial charge in [-0.15, -0.1) is 12.4 Å². The van der Waals surface area contributed by atoms with Gasteiger partial charge in [0.2, 0.25) is 17.8 Å². The number of furan rings is 1. The largest absolute Gasteiger partial charge is 0.478 e. The summed E-state index contributed by atoms with van der Waals surface area (Å²) in [6, 6.07) is 15.7. The predicted molar refractivity (Wildman–Crippen MR) is 142 cm³/mol.